The zero-order valence-corrected chi connectivity index (χ0v) is 12.5. The summed E-state index contributed by atoms with van der Waals surface area (Å²) in [6, 6.07) is 0. The molecule has 0 radical (unpaired) electrons. The van der Waals surface area contributed by atoms with E-state index in [2.05, 4.69) is 13.8 Å². The molecule has 2 fully saturated rings. The van der Waals surface area contributed by atoms with Crippen LogP contribution in [0.3, 0.4) is 0 Å². The first-order chi connectivity index (χ1) is 9.11. The van der Waals surface area contributed by atoms with Crippen molar-refractivity contribution >= 4 is 0 Å². The van der Waals surface area contributed by atoms with Gasteiger partial charge in [-0.1, -0.05) is 13.8 Å². The van der Waals surface area contributed by atoms with Crippen LogP contribution in [0.4, 0.5) is 0 Å². The van der Waals surface area contributed by atoms with Crippen LogP contribution in [0, 0.1) is 5.92 Å². The van der Waals surface area contributed by atoms with Gasteiger partial charge >= 0.3 is 0 Å². The molecule has 0 bridgehead atoms. The van der Waals surface area contributed by atoms with Gasteiger partial charge in [-0.05, 0) is 31.6 Å². The van der Waals surface area contributed by atoms with Crippen LogP contribution >= 0.6 is 0 Å². The fourth-order valence-electron chi connectivity index (χ4n) is 3.71. The van der Waals surface area contributed by atoms with Crippen molar-refractivity contribution < 1.29 is 19.3 Å². The second-order valence-corrected chi connectivity index (χ2v) is 6.01. The second kappa shape index (κ2) is 6.08. The molecule has 112 valence electrons. The van der Waals surface area contributed by atoms with Gasteiger partial charge in [0, 0.05) is 26.7 Å². The van der Waals surface area contributed by atoms with E-state index in [9.17, 15) is 5.11 Å². The Hall–Kier alpha value is -0.160. The van der Waals surface area contributed by atoms with E-state index in [0.717, 1.165) is 45.3 Å². The van der Waals surface area contributed by atoms with E-state index in [-0.39, 0.29) is 11.5 Å². The molecular weight excluding hydrogens is 244 g/mol. The molecule has 2 rings (SSSR count). The van der Waals surface area contributed by atoms with E-state index in [1.165, 1.54) is 0 Å². The molecule has 0 aromatic heterocycles. The lowest BCUT2D eigenvalue weighted by Gasteiger charge is -2.45. The summed E-state index contributed by atoms with van der Waals surface area (Å²) in [5.41, 5.74) is -0.562. The molecule has 1 N–H and O–H groups in total. The van der Waals surface area contributed by atoms with Crippen molar-refractivity contribution in [3.8, 4) is 0 Å². The minimum Gasteiger partial charge on any atom is -0.390 e. The Labute approximate surface area is 116 Å². The molecule has 19 heavy (non-hydrogen) atoms. The van der Waals surface area contributed by atoms with E-state index in [1.807, 2.05) is 0 Å². The van der Waals surface area contributed by atoms with Crippen LogP contribution in [0.2, 0.25) is 0 Å². The maximum absolute atomic E-state index is 10.8. The van der Waals surface area contributed by atoms with Gasteiger partial charge in [0.1, 0.15) is 0 Å². The van der Waals surface area contributed by atoms with Crippen molar-refractivity contribution in [2.24, 2.45) is 5.92 Å². The van der Waals surface area contributed by atoms with E-state index >= 15 is 0 Å². The van der Waals surface area contributed by atoms with Gasteiger partial charge < -0.3 is 19.3 Å². The lowest BCUT2D eigenvalue weighted by molar-refractivity contribution is -0.169. The molecule has 0 aromatic rings. The van der Waals surface area contributed by atoms with Crippen LogP contribution in [0.15, 0.2) is 0 Å². The SMILES string of the molecule is CCC(CC)(OC)C(O)C1CCOC2(CCOC2)C1. The molecule has 2 aliphatic heterocycles. The molecule has 2 heterocycles. The van der Waals surface area contributed by atoms with Crippen LogP contribution < -0.4 is 0 Å². The third kappa shape index (κ3) is 2.82. The van der Waals surface area contributed by atoms with Crippen LogP contribution in [-0.2, 0) is 14.2 Å². The van der Waals surface area contributed by atoms with Gasteiger partial charge in [-0.2, -0.15) is 0 Å². The maximum Gasteiger partial charge on any atom is 0.0940 e. The molecule has 4 nitrogen and oxygen atoms in total. The number of methoxy groups -OCH3 is 1. The van der Waals surface area contributed by atoms with E-state index < -0.39 is 11.7 Å². The minimum atomic E-state index is -0.422. The summed E-state index contributed by atoms with van der Waals surface area (Å²) in [7, 11) is 1.71. The number of hydrogen-bond acceptors (Lipinski definition) is 4. The molecule has 0 saturated carbocycles. The summed E-state index contributed by atoms with van der Waals surface area (Å²) >= 11 is 0. The summed E-state index contributed by atoms with van der Waals surface area (Å²) < 4.78 is 17.1. The number of rotatable bonds is 5. The van der Waals surface area contributed by atoms with Gasteiger partial charge in [-0.15, -0.1) is 0 Å². The summed E-state index contributed by atoms with van der Waals surface area (Å²) in [6.45, 7) is 6.35. The average molecular weight is 272 g/mol. The Kier molecular flexibility index (Phi) is 4.88. The van der Waals surface area contributed by atoms with Crippen molar-refractivity contribution in [2.75, 3.05) is 26.9 Å². The van der Waals surface area contributed by atoms with Crippen LogP contribution in [0.5, 0.6) is 0 Å². The first-order valence-electron chi connectivity index (χ1n) is 7.56. The van der Waals surface area contributed by atoms with Gasteiger partial charge in [0.2, 0.25) is 0 Å². The van der Waals surface area contributed by atoms with Gasteiger partial charge in [0.25, 0.3) is 0 Å². The quantitative estimate of drug-likeness (QED) is 0.833. The molecule has 3 unspecified atom stereocenters. The zero-order chi connectivity index (χ0) is 13.9. The molecular formula is C15H28O4. The highest BCUT2D eigenvalue weighted by atomic mass is 16.6. The first kappa shape index (κ1) is 15.2. The molecule has 2 saturated heterocycles. The normalized spacial score (nSPS) is 33.8. The molecule has 4 heteroatoms. The predicted molar refractivity (Wildman–Crippen MR) is 73.2 cm³/mol. The van der Waals surface area contributed by atoms with Gasteiger partial charge in [-0.3, -0.25) is 0 Å². The van der Waals surface area contributed by atoms with E-state index in [0.29, 0.717) is 6.61 Å². The lowest BCUT2D eigenvalue weighted by Crippen LogP contribution is -2.52. The number of hydrogen-bond donors (Lipinski definition) is 1. The average Bonchev–Trinajstić information content (AvgIpc) is 2.89. The summed E-state index contributed by atoms with van der Waals surface area (Å²) in [6.07, 6.45) is 4.00. The Bertz CT molecular complexity index is 274. The zero-order valence-electron chi connectivity index (χ0n) is 12.5. The van der Waals surface area contributed by atoms with Crippen molar-refractivity contribution in [3.05, 3.63) is 0 Å². The van der Waals surface area contributed by atoms with Crippen LogP contribution in [0.1, 0.15) is 46.0 Å². The third-order valence-corrected chi connectivity index (χ3v) is 5.19. The van der Waals surface area contributed by atoms with Crippen LogP contribution in [0.25, 0.3) is 0 Å². The van der Waals surface area contributed by atoms with Crippen LogP contribution in [-0.4, -0.2) is 49.3 Å². The largest absolute Gasteiger partial charge is 0.390 e. The molecule has 1 spiro atoms. The van der Waals surface area contributed by atoms with E-state index in [1.54, 1.807) is 7.11 Å². The molecule has 0 amide bonds. The number of aliphatic hydroxyl groups excluding tert-OH is 1. The summed E-state index contributed by atoms with van der Waals surface area (Å²) in [5, 5.41) is 10.8. The number of aliphatic hydroxyl groups is 1. The standard InChI is InChI=1S/C15H28O4/c1-4-15(5-2,17-3)13(16)12-6-8-19-14(10-12)7-9-18-11-14/h12-13,16H,4-11H2,1-3H3. The van der Waals surface area contributed by atoms with Gasteiger partial charge in [-0.25, -0.2) is 0 Å². The second-order valence-electron chi connectivity index (χ2n) is 6.01. The fourth-order valence-corrected chi connectivity index (χ4v) is 3.71. The molecule has 0 aromatic carbocycles. The smallest absolute Gasteiger partial charge is 0.0940 e. The Morgan fingerprint density at radius 1 is 1.37 bits per heavy atom. The Morgan fingerprint density at radius 3 is 2.63 bits per heavy atom. The van der Waals surface area contributed by atoms with Crippen molar-refractivity contribution in [1.82, 2.24) is 0 Å². The third-order valence-electron chi connectivity index (χ3n) is 5.19. The summed E-state index contributed by atoms with van der Waals surface area (Å²) in [4.78, 5) is 0. The monoisotopic (exact) mass is 272 g/mol. The van der Waals surface area contributed by atoms with Crippen molar-refractivity contribution in [3.63, 3.8) is 0 Å². The minimum absolute atomic E-state index is 0.148. The highest BCUT2D eigenvalue weighted by Gasteiger charge is 2.47. The highest BCUT2D eigenvalue weighted by molar-refractivity contribution is 4.97. The topological polar surface area (TPSA) is 47.9 Å². The fraction of sp³-hybridized carbons (Fsp3) is 1.00. The first-order valence-corrected chi connectivity index (χ1v) is 7.56. The Balaban J connectivity index is 2.07. The maximum atomic E-state index is 10.8. The van der Waals surface area contributed by atoms with Crippen molar-refractivity contribution in [1.29, 1.82) is 0 Å². The molecule has 0 aliphatic carbocycles. The Morgan fingerprint density at radius 2 is 2.11 bits per heavy atom. The highest BCUT2D eigenvalue weighted by Crippen LogP contribution is 2.41. The molecule has 2 aliphatic rings. The van der Waals surface area contributed by atoms with Gasteiger partial charge in [0.05, 0.1) is 23.9 Å². The predicted octanol–water partition coefficient (Wildman–Crippen LogP) is 2.14. The van der Waals surface area contributed by atoms with Gasteiger partial charge in [0.15, 0.2) is 0 Å². The molecule has 3 atom stereocenters. The number of ether oxygens (including phenoxy) is 3. The van der Waals surface area contributed by atoms with E-state index in [4.69, 9.17) is 14.2 Å². The lowest BCUT2D eigenvalue weighted by atomic mass is 9.75. The van der Waals surface area contributed by atoms with Crippen molar-refractivity contribution in [2.45, 2.75) is 63.3 Å². The summed E-state index contributed by atoms with van der Waals surface area (Å²) in [5.74, 6) is 0.246.